The minimum absolute atomic E-state index is 0. The van der Waals surface area contributed by atoms with Crippen molar-refractivity contribution in [2.24, 2.45) is 5.92 Å². The Bertz CT molecular complexity index is 600. The van der Waals surface area contributed by atoms with Gasteiger partial charge < -0.3 is 10.8 Å². The summed E-state index contributed by atoms with van der Waals surface area (Å²) in [5, 5.41) is 10.3. The molecule has 1 aliphatic rings. The molecule has 7 heteroatoms. The topological polar surface area (TPSA) is 75.3 Å². The number of aliphatic hydroxyl groups excluding tert-OH is 1. The molecular formula is C16H22Cl2N4O. The van der Waals surface area contributed by atoms with E-state index in [1.54, 1.807) is 18.6 Å². The number of β-amino-alcohol motifs (C(OH)–C–C–N with tert-alkyl or cyclic N) is 1. The smallest absolute Gasteiger partial charge is 0.123 e. The zero-order valence-electron chi connectivity index (χ0n) is 12.7. The average Bonchev–Trinajstić information content (AvgIpc) is 2.80. The van der Waals surface area contributed by atoms with Gasteiger partial charge in [-0.15, -0.1) is 24.8 Å². The van der Waals surface area contributed by atoms with Crippen molar-refractivity contribution in [1.82, 2.24) is 14.9 Å². The van der Waals surface area contributed by atoms with Crippen LogP contribution in [0.15, 0.2) is 42.9 Å². The van der Waals surface area contributed by atoms with E-state index in [0.29, 0.717) is 12.4 Å². The molecule has 3 heterocycles. The van der Waals surface area contributed by atoms with Crippen molar-refractivity contribution < 1.29 is 5.11 Å². The summed E-state index contributed by atoms with van der Waals surface area (Å²) < 4.78 is 0. The maximum atomic E-state index is 10.3. The van der Waals surface area contributed by atoms with Crippen molar-refractivity contribution in [2.45, 2.75) is 19.1 Å². The fraction of sp³-hybridized carbons (Fsp3) is 0.375. The Morgan fingerprint density at radius 1 is 1.09 bits per heavy atom. The number of hydrogen-bond donors (Lipinski definition) is 2. The number of likely N-dealkylation sites (tertiary alicyclic amines) is 1. The minimum Gasteiger partial charge on any atom is -0.391 e. The molecule has 0 saturated carbocycles. The first-order valence-corrected chi connectivity index (χ1v) is 7.20. The summed E-state index contributed by atoms with van der Waals surface area (Å²) in [4.78, 5) is 10.3. The molecule has 0 bridgehead atoms. The summed E-state index contributed by atoms with van der Waals surface area (Å²) in [5.41, 5.74) is 8.07. The lowest BCUT2D eigenvalue weighted by atomic mass is 9.97. The van der Waals surface area contributed by atoms with E-state index in [1.807, 2.05) is 24.3 Å². The van der Waals surface area contributed by atoms with E-state index in [9.17, 15) is 5.11 Å². The molecule has 1 saturated heterocycles. The number of anilines is 1. The van der Waals surface area contributed by atoms with E-state index >= 15 is 0 Å². The van der Waals surface area contributed by atoms with Gasteiger partial charge in [0.25, 0.3) is 0 Å². The molecule has 1 fully saturated rings. The molecule has 2 aromatic rings. The fourth-order valence-corrected chi connectivity index (χ4v) is 2.94. The Morgan fingerprint density at radius 2 is 1.78 bits per heavy atom. The molecule has 0 unspecified atom stereocenters. The third kappa shape index (κ3) is 5.32. The molecule has 23 heavy (non-hydrogen) atoms. The van der Waals surface area contributed by atoms with Crippen LogP contribution in [0.5, 0.6) is 0 Å². The van der Waals surface area contributed by atoms with E-state index in [4.69, 9.17) is 5.73 Å². The molecule has 0 spiro atoms. The van der Waals surface area contributed by atoms with E-state index in [0.717, 1.165) is 25.1 Å². The molecule has 0 radical (unpaired) electrons. The van der Waals surface area contributed by atoms with Crippen molar-refractivity contribution in [2.75, 3.05) is 18.8 Å². The van der Waals surface area contributed by atoms with E-state index < -0.39 is 0 Å². The van der Waals surface area contributed by atoms with E-state index in [-0.39, 0.29) is 36.8 Å². The maximum absolute atomic E-state index is 10.3. The SMILES string of the molecule is Cl.Cl.Nc1cc(CN2C[C@@H](Cc3ccncc3)[C@H](O)C2)ccn1. The Morgan fingerprint density at radius 3 is 2.48 bits per heavy atom. The molecule has 0 aromatic carbocycles. The third-order valence-electron chi connectivity index (χ3n) is 3.98. The van der Waals surface area contributed by atoms with Crippen LogP contribution in [-0.4, -0.2) is 39.2 Å². The van der Waals surface area contributed by atoms with Gasteiger partial charge in [-0.3, -0.25) is 9.88 Å². The first-order chi connectivity index (χ1) is 10.2. The molecule has 3 N–H and O–H groups in total. The largest absolute Gasteiger partial charge is 0.391 e. The van der Waals surface area contributed by atoms with Crippen molar-refractivity contribution >= 4 is 30.6 Å². The normalized spacial score (nSPS) is 20.6. The summed E-state index contributed by atoms with van der Waals surface area (Å²) in [6, 6.07) is 7.89. The summed E-state index contributed by atoms with van der Waals surface area (Å²) in [6.45, 7) is 2.40. The van der Waals surface area contributed by atoms with Crippen LogP contribution in [0, 0.1) is 5.92 Å². The van der Waals surface area contributed by atoms with Crippen LogP contribution >= 0.6 is 24.8 Å². The first kappa shape index (κ1) is 19.6. The highest BCUT2D eigenvalue weighted by atomic mass is 35.5. The zero-order chi connectivity index (χ0) is 14.7. The second kappa shape index (κ2) is 9.03. The fourth-order valence-electron chi connectivity index (χ4n) is 2.94. The quantitative estimate of drug-likeness (QED) is 0.875. The predicted molar refractivity (Wildman–Crippen MR) is 95.9 cm³/mol. The van der Waals surface area contributed by atoms with Gasteiger partial charge in [0, 0.05) is 44.1 Å². The highest BCUT2D eigenvalue weighted by molar-refractivity contribution is 5.85. The first-order valence-electron chi connectivity index (χ1n) is 7.20. The number of nitrogens with zero attached hydrogens (tertiary/aromatic N) is 3. The lowest BCUT2D eigenvalue weighted by molar-refractivity contribution is 0.141. The Balaban J connectivity index is 0.00000132. The molecule has 126 valence electrons. The van der Waals surface area contributed by atoms with Gasteiger partial charge in [-0.1, -0.05) is 0 Å². The van der Waals surface area contributed by atoms with Crippen LogP contribution in [0.1, 0.15) is 11.1 Å². The zero-order valence-corrected chi connectivity index (χ0v) is 14.3. The van der Waals surface area contributed by atoms with Crippen LogP contribution in [0.2, 0.25) is 0 Å². The number of nitrogens with two attached hydrogens (primary N) is 1. The van der Waals surface area contributed by atoms with Crippen molar-refractivity contribution in [3.63, 3.8) is 0 Å². The van der Waals surface area contributed by atoms with Crippen molar-refractivity contribution in [3.8, 4) is 0 Å². The molecule has 5 nitrogen and oxygen atoms in total. The van der Waals surface area contributed by atoms with Gasteiger partial charge >= 0.3 is 0 Å². The molecular weight excluding hydrogens is 335 g/mol. The van der Waals surface area contributed by atoms with Gasteiger partial charge in [0.2, 0.25) is 0 Å². The highest BCUT2D eigenvalue weighted by Crippen LogP contribution is 2.23. The van der Waals surface area contributed by atoms with Crippen LogP contribution in [0.25, 0.3) is 0 Å². The summed E-state index contributed by atoms with van der Waals surface area (Å²) >= 11 is 0. The van der Waals surface area contributed by atoms with Gasteiger partial charge in [-0.25, -0.2) is 4.98 Å². The lowest BCUT2D eigenvalue weighted by Crippen LogP contribution is -2.21. The molecule has 0 aliphatic carbocycles. The Hall–Kier alpha value is -1.40. The number of aliphatic hydroxyl groups is 1. The predicted octanol–water partition coefficient (Wildman–Crippen LogP) is 1.94. The van der Waals surface area contributed by atoms with Gasteiger partial charge in [-0.2, -0.15) is 0 Å². The highest BCUT2D eigenvalue weighted by Gasteiger charge is 2.31. The third-order valence-corrected chi connectivity index (χ3v) is 3.98. The van der Waals surface area contributed by atoms with E-state index in [1.165, 1.54) is 5.56 Å². The number of halogens is 2. The van der Waals surface area contributed by atoms with Crippen molar-refractivity contribution in [3.05, 3.63) is 54.0 Å². The molecule has 3 rings (SSSR count). The van der Waals surface area contributed by atoms with Gasteiger partial charge in [0.15, 0.2) is 0 Å². The summed E-state index contributed by atoms with van der Waals surface area (Å²) in [6.07, 6.45) is 5.93. The van der Waals surface area contributed by atoms with Crippen LogP contribution < -0.4 is 5.73 Å². The van der Waals surface area contributed by atoms with Crippen LogP contribution in [0.4, 0.5) is 5.82 Å². The van der Waals surface area contributed by atoms with Gasteiger partial charge in [0.1, 0.15) is 5.82 Å². The standard InChI is InChI=1S/C16H20N4O.2ClH/c17-16-8-13(3-6-19-16)9-20-10-14(15(21)11-20)7-12-1-4-18-5-2-12;;/h1-6,8,14-15,21H,7,9-11H2,(H2,17,19);2*1H/t14-,15-;;/m1../s1. The molecule has 1 aliphatic heterocycles. The van der Waals surface area contributed by atoms with E-state index in [2.05, 4.69) is 14.9 Å². The number of nitrogen functional groups attached to an aromatic ring is 1. The second-order valence-corrected chi connectivity index (χ2v) is 5.67. The molecule has 0 amide bonds. The van der Waals surface area contributed by atoms with Crippen LogP contribution in [-0.2, 0) is 13.0 Å². The number of rotatable bonds is 4. The second-order valence-electron chi connectivity index (χ2n) is 5.67. The summed E-state index contributed by atoms with van der Waals surface area (Å²) in [5.74, 6) is 0.812. The number of aromatic nitrogens is 2. The van der Waals surface area contributed by atoms with Crippen LogP contribution in [0.3, 0.4) is 0 Å². The minimum atomic E-state index is -0.280. The van der Waals surface area contributed by atoms with Gasteiger partial charge in [-0.05, 0) is 41.8 Å². The number of hydrogen-bond acceptors (Lipinski definition) is 5. The maximum Gasteiger partial charge on any atom is 0.123 e. The monoisotopic (exact) mass is 356 g/mol. The van der Waals surface area contributed by atoms with Gasteiger partial charge in [0.05, 0.1) is 6.10 Å². The molecule has 2 atom stereocenters. The Kier molecular flexibility index (Phi) is 7.72. The average molecular weight is 357 g/mol. The number of pyridine rings is 2. The molecule has 2 aromatic heterocycles. The van der Waals surface area contributed by atoms with Crippen molar-refractivity contribution in [1.29, 1.82) is 0 Å². The Labute approximate surface area is 148 Å². The lowest BCUT2D eigenvalue weighted by Gasteiger charge is -2.15. The summed E-state index contributed by atoms with van der Waals surface area (Å²) in [7, 11) is 0.